The minimum Gasteiger partial charge on any atom is -0.469 e. The standard InChI is InChI=1S/C49H69N3O14/c1-26-16-21-49(44(56)61-11)23-22-47(9)32(39(49)27(26)2)13-15-37-46(8)19-18-38(45(6,7)36(46)17-20-48(37,47)10)66-43-40(50-33-14-12-31(51(57)58)24-34(33)52(59)60)42(64-30(5)55)41(63-29(4)54)35(65-43)25-62-28(3)53/h12-14,24,26-27,35-43,50H,15-23,25H2,1-11H3/t26-,27+,35-,36+,37-,38+,39+,40-,41-,42-,43+,46+,47-,48-,49+/m1/s1. The lowest BCUT2D eigenvalue weighted by atomic mass is 9.33. The zero-order valence-electron chi connectivity index (χ0n) is 40.3. The fourth-order valence-electron chi connectivity index (χ4n) is 14.7. The van der Waals surface area contributed by atoms with Gasteiger partial charge in [-0.1, -0.05) is 60.1 Å². The van der Waals surface area contributed by atoms with Gasteiger partial charge in [0.1, 0.15) is 24.4 Å². The number of rotatable bonds is 11. The molecule has 1 heterocycles. The number of esters is 4. The Kier molecular flexibility index (Phi) is 13.3. The van der Waals surface area contributed by atoms with E-state index >= 15 is 0 Å². The number of non-ortho nitro benzene ring substituents is 1. The molecule has 17 nitrogen and oxygen atoms in total. The Morgan fingerprint density at radius 1 is 0.833 bits per heavy atom. The molecule has 66 heavy (non-hydrogen) atoms. The van der Waals surface area contributed by atoms with Crippen LogP contribution in [0.3, 0.4) is 0 Å². The average Bonchev–Trinajstić information content (AvgIpc) is 3.23. The van der Waals surface area contributed by atoms with Gasteiger partial charge in [-0.2, -0.15) is 0 Å². The van der Waals surface area contributed by atoms with Crippen LogP contribution in [0.5, 0.6) is 0 Å². The van der Waals surface area contributed by atoms with Crippen LogP contribution in [0.15, 0.2) is 29.8 Å². The summed E-state index contributed by atoms with van der Waals surface area (Å²) in [5, 5.41) is 27.1. The summed E-state index contributed by atoms with van der Waals surface area (Å²) in [6.45, 7) is 19.6. The van der Waals surface area contributed by atoms with Gasteiger partial charge in [0.05, 0.1) is 34.5 Å². The molecule has 1 N–H and O–H groups in total. The minimum atomic E-state index is -1.40. The van der Waals surface area contributed by atoms with E-state index in [1.54, 1.807) is 0 Å². The van der Waals surface area contributed by atoms with Crippen LogP contribution in [-0.2, 0) is 47.6 Å². The number of allylic oxidation sites excluding steroid dienone is 2. The zero-order valence-corrected chi connectivity index (χ0v) is 40.3. The van der Waals surface area contributed by atoms with E-state index in [4.69, 9.17) is 28.4 Å². The van der Waals surface area contributed by atoms with Crippen LogP contribution in [0.4, 0.5) is 17.1 Å². The third kappa shape index (κ3) is 8.06. The number of nitrogens with one attached hydrogen (secondary N) is 1. The molecule has 0 bridgehead atoms. The van der Waals surface area contributed by atoms with Crippen molar-refractivity contribution in [2.24, 2.45) is 56.7 Å². The molecule has 0 radical (unpaired) electrons. The largest absolute Gasteiger partial charge is 0.469 e. The van der Waals surface area contributed by atoms with E-state index in [0.29, 0.717) is 24.2 Å². The summed E-state index contributed by atoms with van der Waals surface area (Å²) in [5.41, 5.74) is -1.13. The van der Waals surface area contributed by atoms with Crippen molar-refractivity contribution in [3.8, 4) is 0 Å². The summed E-state index contributed by atoms with van der Waals surface area (Å²) in [6.07, 6.45) is 4.53. The molecule has 15 atom stereocenters. The number of ether oxygens (including phenoxy) is 6. The van der Waals surface area contributed by atoms with E-state index in [0.717, 1.165) is 77.3 Å². The highest BCUT2D eigenvalue weighted by Gasteiger charge is 2.70. The molecule has 7 rings (SSSR count). The number of nitro groups is 2. The lowest BCUT2D eigenvalue weighted by Gasteiger charge is -2.71. The Morgan fingerprint density at radius 3 is 2.14 bits per heavy atom. The van der Waals surface area contributed by atoms with Crippen LogP contribution in [0.2, 0.25) is 0 Å². The summed E-state index contributed by atoms with van der Waals surface area (Å²) >= 11 is 0. The molecule has 1 saturated heterocycles. The second kappa shape index (κ2) is 17.8. The fraction of sp³-hybridized carbons (Fsp3) is 0.755. The van der Waals surface area contributed by atoms with E-state index in [1.807, 2.05) is 0 Å². The SMILES string of the molecule is COC(=O)[C@]12CC[C@@H](C)[C@H](C)[C@H]1C1=CC[C@@H]3[C@@]4(C)CC[C@H](O[C@@H]5O[C@H](COC(C)=O)[C@@H](OC(C)=O)[C@H](OC(C)=O)[C@H]5Nc5ccc([N+](=O)[O-])cc5[N+](=O)[O-])C(C)(C)[C@@H]4CC[C@@]3(C)[C@]1(C)CC2. The van der Waals surface area contributed by atoms with E-state index in [-0.39, 0.29) is 39.7 Å². The Morgan fingerprint density at radius 2 is 1.52 bits per heavy atom. The maximum Gasteiger partial charge on any atom is 0.312 e. The maximum absolute atomic E-state index is 13.8. The first kappa shape index (κ1) is 49.3. The molecule has 6 aliphatic rings. The number of carbonyl (C=O) groups excluding carboxylic acids is 4. The van der Waals surface area contributed by atoms with Gasteiger partial charge < -0.3 is 33.7 Å². The molecule has 4 saturated carbocycles. The van der Waals surface area contributed by atoms with Gasteiger partial charge in [0, 0.05) is 26.8 Å². The highest BCUT2D eigenvalue weighted by Crippen LogP contribution is 2.76. The van der Waals surface area contributed by atoms with Crippen LogP contribution in [0.25, 0.3) is 0 Å². The maximum atomic E-state index is 13.8. The van der Waals surface area contributed by atoms with Crippen molar-refractivity contribution >= 4 is 40.9 Å². The van der Waals surface area contributed by atoms with Crippen LogP contribution in [0, 0.1) is 76.9 Å². The van der Waals surface area contributed by atoms with Gasteiger partial charge in [-0.25, -0.2) is 0 Å². The fourth-order valence-corrected chi connectivity index (χ4v) is 14.7. The van der Waals surface area contributed by atoms with Gasteiger partial charge in [0.15, 0.2) is 18.5 Å². The van der Waals surface area contributed by atoms with Crippen LogP contribution < -0.4 is 5.32 Å². The molecule has 1 aliphatic heterocycles. The number of benzene rings is 1. The summed E-state index contributed by atoms with van der Waals surface area (Å²) in [7, 11) is 1.53. The van der Waals surface area contributed by atoms with E-state index in [9.17, 15) is 39.4 Å². The second-order valence-electron chi connectivity index (χ2n) is 21.7. The molecule has 0 spiro atoms. The monoisotopic (exact) mass is 923 g/mol. The zero-order chi connectivity index (χ0) is 48.5. The summed E-state index contributed by atoms with van der Waals surface area (Å²) in [5.74, 6) is -0.781. The van der Waals surface area contributed by atoms with Crippen LogP contribution >= 0.6 is 0 Å². The van der Waals surface area contributed by atoms with E-state index in [2.05, 4.69) is 59.9 Å². The molecule has 5 aliphatic carbocycles. The molecular weight excluding hydrogens is 855 g/mol. The highest BCUT2D eigenvalue weighted by molar-refractivity contribution is 5.78. The van der Waals surface area contributed by atoms with Gasteiger partial charge >= 0.3 is 23.9 Å². The summed E-state index contributed by atoms with van der Waals surface area (Å²) in [4.78, 5) is 73.9. The van der Waals surface area contributed by atoms with Crippen molar-refractivity contribution in [2.45, 2.75) is 164 Å². The lowest BCUT2D eigenvalue weighted by Crippen LogP contribution is -2.67. The number of fused-ring (bicyclic) bond motifs is 7. The predicted molar refractivity (Wildman–Crippen MR) is 239 cm³/mol. The van der Waals surface area contributed by atoms with E-state index in [1.165, 1.54) is 25.7 Å². The molecule has 0 amide bonds. The third-order valence-corrected chi connectivity index (χ3v) is 18.2. The summed E-state index contributed by atoms with van der Waals surface area (Å²) < 4.78 is 36.2. The quantitative estimate of drug-likeness (QED) is 0.0548. The Bertz CT molecular complexity index is 2160. The van der Waals surface area contributed by atoms with Crippen LogP contribution in [0.1, 0.15) is 127 Å². The molecule has 1 aromatic carbocycles. The second-order valence-corrected chi connectivity index (χ2v) is 21.7. The molecular formula is C49H69N3O14. The van der Waals surface area contributed by atoms with Crippen molar-refractivity contribution in [3.63, 3.8) is 0 Å². The Hall–Kier alpha value is -4.64. The predicted octanol–water partition coefficient (Wildman–Crippen LogP) is 8.65. The smallest absolute Gasteiger partial charge is 0.312 e. The lowest BCUT2D eigenvalue weighted by molar-refractivity contribution is -0.393. The molecule has 0 aromatic heterocycles. The first-order chi connectivity index (χ1) is 30.9. The first-order valence-electron chi connectivity index (χ1n) is 23.6. The van der Waals surface area contributed by atoms with Crippen molar-refractivity contribution in [1.29, 1.82) is 0 Å². The normalized spacial score (nSPS) is 40.0. The molecule has 1 aromatic rings. The number of methoxy groups -OCH3 is 1. The summed E-state index contributed by atoms with van der Waals surface area (Å²) in [6, 6.07) is 1.83. The Labute approximate surface area is 387 Å². The van der Waals surface area contributed by atoms with Gasteiger partial charge in [-0.3, -0.25) is 39.4 Å². The number of carbonyl (C=O) groups is 4. The van der Waals surface area contributed by atoms with Gasteiger partial charge in [0.25, 0.3) is 11.4 Å². The third-order valence-electron chi connectivity index (χ3n) is 18.2. The van der Waals surface area contributed by atoms with Crippen molar-refractivity contribution in [1.82, 2.24) is 0 Å². The van der Waals surface area contributed by atoms with Crippen molar-refractivity contribution < 1.29 is 57.4 Å². The number of hydrogen-bond acceptors (Lipinski definition) is 15. The van der Waals surface area contributed by atoms with Crippen molar-refractivity contribution in [2.75, 3.05) is 19.0 Å². The van der Waals surface area contributed by atoms with E-state index < -0.39 is 93.3 Å². The number of anilines is 1. The number of hydrogen-bond donors (Lipinski definition) is 1. The van der Waals surface area contributed by atoms with Gasteiger partial charge in [-0.05, 0) is 115 Å². The number of nitrogens with zero attached hydrogens (tertiary/aromatic N) is 2. The first-order valence-corrected chi connectivity index (χ1v) is 23.6. The van der Waals surface area contributed by atoms with Gasteiger partial charge in [-0.15, -0.1) is 0 Å². The molecule has 364 valence electrons. The molecule has 5 fully saturated rings. The molecule has 0 unspecified atom stereocenters. The number of nitro benzene ring substituents is 2. The van der Waals surface area contributed by atoms with Gasteiger partial charge in [0.2, 0.25) is 0 Å². The topological polar surface area (TPSA) is 222 Å². The molecule has 17 heteroatoms. The van der Waals surface area contributed by atoms with Crippen molar-refractivity contribution in [3.05, 3.63) is 50.1 Å². The Balaban J connectivity index is 1.24. The van der Waals surface area contributed by atoms with Crippen LogP contribution in [-0.4, -0.2) is 84.2 Å². The highest BCUT2D eigenvalue weighted by atomic mass is 16.7. The average molecular weight is 924 g/mol. The minimum absolute atomic E-state index is 0.0529.